The molecule has 0 saturated carbocycles. The van der Waals surface area contributed by atoms with Gasteiger partial charge in [-0.1, -0.05) is 31.2 Å². The van der Waals surface area contributed by atoms with Gasteiger partial charge >= 0.3 is 0 Å². The van der Waals surface area contributed by atoms with Crippen LogP contribution >= 0.6 is 0 Å². The lowest BCUT2D eigenvalue weighted by molar-refractivity contribution is -0.128. The highest BCUT2D eigenvalue weighted by Crippen LogP contribution is 2.49. The summed E-state index contributed by atoms with van der Waals surface area (Å²) >= 11 is 0. The Bertz CT molecular complexity index is 1460. The smallest absolute Gasteiger partial charge is 0.227 e. The summed E-state index contributed by atoms with van der Waals surface area (Å²) < 4.78 is 5.47. The summed E-state index contributed by atoms with van der Waals surface area (Å²) in [5.41, 5.74) is 3.37. The van der Waals surface area contributed by atoms with Gasteiger partial charge in [0, 0.05) is 43.7 Å². The number of carbonyl (C=O) groups is 1. The summed E-state index contributed by atoms with van der Waals surface area (Å²) in [6.07, 6.45) is 12.0. The van der Waals surface area contributed by atoms with E-state index in [2.05, 4.69) is 87.6 Å². The Kier molecular flexibility index (Phi) is 6.51. The molecule has 8 nitrogen and oxygen atoms in total. The molecule has 1 aliphatic carbocycles. The van der Waals surface area contributed by atoms with Gasteiger partial charge in [-0.15, -0.1) is 0 Å². The van der Waals surface area contributed by atoms with E-state index in [-0.39, 0.29) is 23.8 Å². The number of benzene rings is 1. The van der Waals surface area contributed by atoms with Gasteiger partial charge in [0.1, 0.15) is 11.6 Å². The number of methoxy groups -OCH3 is 1. The zero-order chi connectivity index (χ0) is 27.1. The molecule has 4 atom stereocenters. The molecule has 8 heteroatoms. The van der Waals surface area contributed by atoms with Crippen LogP contribution < -0.4 is 10.2 Å². The fourth-order valence-corrected chi connectivity index (χ4v) is 6.11. The number of fused-ring (bicyclic) bond motifs is 2. The number of rotatable bonds is 6. The highest BCUT2D eigenvalue weighted by atomic mass is 16.5. The molecule has 2 N–H and O–H groups in total. The van der Waals surface area contributed by atoms with Crippen LogP contribution in [-0.4, -0.2) is 72.4 Å². The molecule has 1 amide bonds. The maximum absolute atomic E-state index is 13.2. The molecule has 3 aromatic rings. The van der Waals surface area contributed by atoms with Gasteiger partial charge in [0.25, 0.3) is 0 Å². The molecule has 202 valence electrons. The molecule has 39 heavy (non-hydrogen) atoms. The lowest BCUT2D eigenvalue weighted by Crippen LogP contribution is -2.44. The number of pyridine rings is 1. The van der Waals surface area contributed by atoms with Crippen LogP contribution in [0.2, 0.25) is 0 Å². The maximum atomic E-state index is 13.2. The molecular weight excluding hydrogens is 488 g/mol. The van der Waals surface area contributed by atoms with E-state index in [4.69, 9.17) is 4.74 Å². The third kappa shape index (κ3) is 4.52. The van der Waals surface area contributed by atoms with Gasteiger partial charge in [-0.25, -0.2) is 4.98 Å². The first-order valence-corrected chi connectivity index (χ1v) is 13.7. The Hall–Kier alpha value is -3.91. The number of piperazine rings is 1. The van der Waals surface area contributed by atoms with E-state index in [0.29, 0.717) is 0 Å². The summed E-state index contributed by atoms with van der Waals surface area (Å²) in [7, 11) is 3.82. The minimum absolute atomic E-state index is 0.00931. The standard InChI is InChI=1S/C31H36N6O2/c1-20(31(2)25-18-23(39-4)8-11-27(25)33-30(31)38)22-7-9-24-26(34-35-28(24)17-22)10-5-21-6-12-29(32-19-21)37-15-13-36(3)14-16-37/h5-12,17-20,25,27H,13-16H2,1-4H3,(H,33,38)(H,34,35)/b10-5+/t20?,25?,27?,31-/m1/s1. The lowest BCUT2D eigenvalue weighted by atomic mass is 9.65. The number of aromatic amines is 1. The molecule has 2 aliphatic heterocycles. The Morgan fingerprint density at radius 1 is 1.15 bits per heavy atom. The largest absolute Gasteiger partial charge is 0.497 e. The average Bonchev–Trinajstić information content (AvgIpc) is 3.49. The van der Waals surface area contributed by atoms with Crippen LogP contribution in [0.15, 0.2) is 60.5 Å². The van der Waals surface area contributed by atoms with E-state index in [1.807, 2.05) is 30.5 Å². The second kappa shape index (κ2) is 10.0. The summed E-state index contributed by atoms with van der Waals surface area (Å²) in [5, 5.41) is 12.0. The number of amides is 1. The highest BCUT2D eigenvalue weighted by Gasteiger charge is 2.54. The van der Waals surface area contributed by atoms with Crippen molar-refractivity contribution >= 4 is 34.8 Å². The van der Waals surface area contributed by atoms with Crippen molar-refractivity contribution in [3.8, 4) is 0 Å². The number of nitrogens with zero attached hydrogens (tertiary/aromatic N) is 4. The van der Waals surface area contributed by atoms with Gasteiger partial charge in [0.15, 0.2) is 0 Å². The second-order valence-corrected chi connectivity index (χ2v) is 11.1. The van der Waals surface area contributed by atoms with Crippen LogP contribution in [0.3, 0.4) is 0 Å². The minimum Gasteiger partial charge on any atom is -0.497 e. The average molecular weight is 525 g/mol. The van der Waals surface area contributed by atoms with Crippen LogP contribution in [0, 0.1) is 11.3 Å². The molecule has 2 fully saturated rings. The van der Waals surface area contributed by atoms with E-state index in [9.17, 15) is 4.79 Å². The van der Waals surface area contributed by atoms with Crippen molar-refractivity contribution < 1.29 is 9.53 Å². The van der Waals surface area contributed by atoms with E-state index in [1.165, 1.54) is 0 Å². The molecule has 4 heterocycles. The van der Waals surface area contributed by atoms with Crippen LogP contribution in [0.25, 0.3) is 23.1 Å². The van der Waals surface area contributed by atoms with E-state index >= 15 is 0 Å². The zero-order valence-corrected chi connectivity index (χ0v) is 23.0. The quantitative estimate of drug-likeness (QED) is 0.503. The lowest BCUT2D eigenvalue weighted by Gasteiger charge is -2.35. The number of likely N-dealkylation sites (N-methyl/N-ethyl adjacent to an activating group) is 1. The number of nitrogens with one attached hydrogen (secondary N) is 2. The molecule has 2 aromatic heterocycles. The SMILES string of the molecule is COC1=CC2C(C=C1)NC(=O)[C@]2(C)C(C)c1ccc2c(/C=C/c3ccc(N4CCN(C)CC4)nc3)n[nH]c2c1. The molecule has 0 spiro atoms. The Balaban J connectivity index is 1.20. The van der Waals surface area contributed by atoms with Gasteiger partial charge in [-0.2, -0.15) is 5.10 Å². The van der Waals surface area contributed by atoms with Gasteiger partial charge < -0.3 is 19.9 Å². The van der Waals surface area contributed by atoms with Gasteiger partial charge in [0.2, 0.25) is 5.91 Å². The minimum atomic E-state index is -0.598. The van der Waals surface area contributed by atoms with E-state index in [1.54, 1.807) is 7.11 Å². The summed E-state index contributed by atoms with van der Waals surface area (Å²) in [6, 6.07) is 10.5. The highest BCUT2D eigenvalue weighted by molar-refractivity contribution is 5.91. The van der Waals surface area contributed by atoms with Crippen molar-refractivity contribution in [1.29, 1.82) is 0 Å². The fraction of sp³-hybridized carbons (Fsp3) is 0.387. The van der Waals surface area contributed by atoms with Crippen molar-refractivity contribution in [2.75, 3.05) is 45.2 Å². The summed E-state index contributed by atoms with van der Waals surface area (Å²) in [5.74, 6) is 1.91. The topological polar surface area (TPSA) is 86.4 Å². The van der Waals surface area contributed by atoms with E-state index < -0.39 is 5.41 Å². The second-order valence-electron chi connectivity index (χ2n) is 11.1. The summed E-state index contributed by atoms with van der Waals surface area (Å²) in [4.78, 5) is 22.6. The van der Waals surface area contributed by atoms with Crippen LogP contribution in [0.5, 0.6) is 0 Å². The van der Waals surface area contributed by atoms with Crippen molar-refractivity contribution in [2.24, 2.45) is 11.3 Å². The van der Waals surface area contributed by atoms with E-state index in [0.717, 1.165) is 65.5 Å². The number of ether oxygens (including phenoxy) is 1. The maximum Gasteiger partial charge on any atom is 0.227 e. The monoisotopic (exact) mass is 524 g/mol. The number of hydrogen-bond acceptors (Lipinski definition) is 6. The van der Waals surface area contributed by atoms with Gasteiger partial charge in [-0.05, 0) is 67.4 Å². The van der Waals surface area contributed by atoms with Gasteiger partial charge in [0.05, 0.1) is 29.8 Å². The zero-order valence-electron chi connectivity index (χ0n) is 23.0. The number of aromatic nitrogens is 3. The van der Waals surface area contributed by atoms with Crippen molar-refractivity contribution in [3.63, 3.8) is 0 Å². The van der Waals surface area contributed by atoms with Crippen LogP contribution in [0.4, 0.5) is 5.82 Å². The molecule has 2 saturated heterocycles. The third-order valence-electron chi connectivity index (χ3n) is 8.96. The molecule has 3 unspecified atom stereocenters. The first kappa shape index (κ1) is 25.4. The molecule has 3 aliphatic rings. The van der Waals surface area contributed by atoms with Crippen molar-refractivity contribution in [1.82, 2.24) is 25.4 Å². The van der Waals surface area contributed by atoms with Gasteiger partial charge in [-0.3, -0.25) is 9.89 Å². The molecule has 0 bridgehead atoms. The number of carbonyl (C=O) groups excluding carboxylic acids is 1. The number of allylic oxidation sites excluding steroid dienone is 1. The Morgan fingerprint density at radius 2 is 1.97 bits per heavy atom. The number of anilines is 1. The first-order chi connectivity index (χ1) is 18.9. The predicted molar refractivity (Wildman–Crippen MR) is 155 cm³/mol. The van der Waals surface area contributed by atoms with Crippen LogP contribution in [0.1, 0.15) is 36.6 Å². The normalized spacial score (nSPS) is 26.1. The summed E-state index contributed by atoms with van der Waals surface area (Å²) in [6.45, 7) is 8.34. The predicted octanol–water partition coefficient (Wildman–Crippen LogP) is 4.20. The fourth-order valence-electron chi connectivity index (χ4n) is 6.11. The Labute approximate surface area is 229 Å². The molecule has 1 aromatic carbocycles. The third-order valence-corrected chi connectivity index (χ3v) is 8.96. The number of H-pyrrole nitrogens is 1. The van der Waals surface area contributed by atoms with Crippen LogP contribution in [-0.2, 0) is 9.53 Å². The molecule has 6 rings (SSSR count). The van der Waals surface area contributed by atoms with Crippen molar-refractivity contribution in [2.45, 2.75) is 25.8 Å². The molecule has 0 radical (unpaired) electrons. The number of hydrogen-bond donors (Lipinski definition) is 2. The molecular formula is C31H36N6O2. The van der Waals surface area contributed by atoms with Crippen molar-refractivity contribution in [3.05, 3.63) is 77.3 Å². The first-order valence-electron chi connectivity index (χ1n) is 13.7. The Morgan fingerprint density at radius 3 is 2.72 bits per heavy atom.